The van der Waals surface area contributed by atoms with Gasteiger partial charge in [0.15, 0.2) is 0 Å². The molecule has 0 bridgehead atoms. The van der Waals surface area contributed by atoms with Crippen molar-refractivity contribution in [3.05, 3.63) is 99.0 Å². The average Bonchev–Trinajstić information content (AvgIpc) is 3.17. The predicted octanol–water partition coefficient (Wildman–Crippen LogP) is 6.52. The lowest BCUT2D eigenvalue weighted by molar-refractivity contribution is -0.138. The van der Waals surface area contributed by atoms with Gasteiger partial charge in [-0.05, 0) is 66.1 Å². The zero-order chi connectivity index (χ0) is 26.8. The largest absolute Gasteiger partial charge is 0.487 e. The number of carbonyl (C=O) groups is 2. The second-order valence-electron chi connectivity index (χ2n) is 9.42. The molecule has 3 aromatic carbocycles. The summed E-state index contributed by atoms with van der Waals surface area (Å²) in [6.45, 7) is 1.72. The fourth-order valence-electron chi connectivity index (χ4n) is 4.52. The van der Waals surface area contributed by atoms with Crippen LogP contribution in [-0.2, 0) is 30.4 Å². The normalized spacial score (nSPS) is 16.7. The van der Waals surface area contributed by atoms with Crippen molar-refractivity contribution in [1.29, 1.82) is 0 Å². The lowest BCUT2D eigenvalue weighted by Gasteiger charge is -2.24. The van der Waals surface area contributed by atoms with Gasteiger partial charge in [0.25, 0.3) is 5.91 Å². The van der Waals surface area contributed by atoms with Crippen LogP contribution in [0.2, 0.25) is 0 Å². The van der Waals surface area contributed by atoms with Gasteiger partial charge < -0.3 is 14.7 Å². The highest BCUT2D eigenvalue weighted by Gasteiger charge is 2.36. The van der Waals surface area contributed by atoms with Gasteiger partial charge in [0.2, 0.25) is 0 Å². The third-order valence-electron chi connectivity index (χ3n) is 6.23. The third kappa shape index (κ3) is 6.71. The van der Waals surface area contributed by atoms with Gasteiger partial charge in [-0.3, -0.25) is 9.59 Å². The van der Waals surface area contributed by atoms with E-state index in [-0.39, 0.29) is 25.1 Å². The Kier molecular flexibility index (Phi) is 7.64. The summed E-state index contributed by atoms with van der Waals surface area (Å²) in [4.78, 5) is 25.8. The molecule has 0 saturated heterocycles. The molecule has 1 atom stereocenters. The van der Waals surface area contributed by atoms with E-state index in [1.807, 2.05) is 31.2 Å². The molecule has 0 unspecified atom stereocenters. The third-order valence-corrected chi connectivity index (χ3v) is 6.76. The lowest BCUT2D eigenvalue weighted by atomic mass is 9.91. The average molecular weight is 576 g/mol. The molecular formula is C28H25BrF3NO4. The van der Waals surface area contributed by atoms with E-state index in [1.54, 1.807) is 18.2 Å². The smallest absolute Gasteiger partial charge is 0.416 e. The number of amides is 1. The summed E-state index contributed by atoms with van der Waals surface area (Å²) in [6, 6.07) is 17.7. The highest BCUT2D eigenvalue weighted by molar-refractivity contribution is 9.10. The maximum atomic E-state index is 13.4. The van der Waals surface area contributed by atoms with Gasteiger partial charge >= 0.3 is 12.1 Å². The van der Waals surface area contributed by atoms with E-state index >= 15 is 0 Å². The summed E-state index contributed by atoms with van der Waals surface area (Å²) >= 11 is 3.43. The van der Waals surface area contributed by atoms with Gasteiger partial charge in [0.05, 0.1) is 12.0 Å². The molecule has 194 valence electrons. The van der Waals surface area contributed by atoms with Crippen LogP contribution in [0.3, 0.4) is 0 Å². The standard InChI is InChI=1S/C28H25BrF3NO4/c1-27(15-18-5-8-23(29)9-6-18)16-21-14-20(7-10-24(21)37-27)26(36)33(12-11-25(34)35)17-19-3-2-4-22(13-19)28(30,31)32/h2-10,13-14H,11-12,15-17H2,1H3,(H,34,35)/t27-/m0/s1. The van der Waals surface area contributed by atoms with Gasteiger partial charge in [-0.1, -0.05) is 40.2 Å². The molecule has 0 aromatic heterocycles. The Labute approximate surface area is 221 Å². The Balaban J connectivity index is 1.53. The summed E-state index contributed by atoms with van der Waals surface area (Å²) in [6.07, 6.45) is -3.61. The Morgan fingerprint density at radius 2 is 1.78 bits per heavy atom. The van der Waals surface area contributed by atoms with Crippen LogP contribution in [0.4, 0.5) is 13.2 Å². The second kappa shape index (κ2) is 10.6. The van der Waals surface area contributed by atoms with Crippen LogP contribution in [0.15, 0.2) is 71.2 Å². The summed E-state index contributed by atoms with van der Waals surface area (Å²) in [5.74, 6) is -0.887. The highest BCUT2D eigenvalue weighted by Crippen LogP contribution is 2.38. The van der Waals surface area contributed by atoms with Crippen molar-refractivity contribution in [2.45, 2.75) is 44.5 Å². The molecule has 3 aromatic rings. The topological polar surface area (TPSA) is 66.8 Å². The first-order valence-corrected chi connectivity index (χ1v) is 12.4. The molecule has 4 rings (SSSR count). The predicted molar refractivity (Wildman–Crippen MR) is 135 cm³/mol. The van der Waals surface area contributed by atoms with E-state index < -0.39 is 29.2 Å². The molecule has 1 heterocycles. The number of benzene rings is 3. The summed E-state index contributed by atoms with van der Waals surface area (Å²) in [5.41, 5.74) is 1.22. The monoisotopic (exact) mass is 575 g/mol. The van der Waals surface area contributed by atoms with Gasteiger partial charge in [-0.2, -0.15) is 13.2 Å². The minimum Gasteiger partial charge on any atom is -0.487 e. The van der Waals surface area contributed by atoms with E-state index in [4.69, 9.17) is 9.84 Å². The maximum absolute atomic E-state index is 13.4. The van der Waals surface area contributed by atoms with Crippen LogP contribution in [0.25, 0.3) is 0 Å². The molecule has 1 N–H and O–H groups in total. The number of nitrogens with zero attached hydrogens (tertiary/aromatic N) is 1. The number of carboxylic acid groups (broad SMARTS) is 1. The molecule has 9 heteroatoms. The molecular weight excluding hydrogens is 551 g/mol. The lowest BCUT2D eigenvalue weighted by Crippen LogP contribution is -2.33. The van der Waals surface area contributed by atoms with Gasteiger partial charge in [-0.25, -0.2) is 0 Å². The number of fused-ring (bicyclic) bond motifs is 1. The number of hydrogen-bond acceptors (Lipinski definition) is 3. The highest BCUT2D eigenvalue weighted by atomic mass is 79.9. The van der Waals surface area contributed by atoms with Crippen LogP contribution in [0.1, 0.15) is 46.0 Å². The number of alkyl halides is 3. The van der Waals surface area contributed by atoms with Gasteiger partial charge in [0, 0.05) is 36.0 Å². The fraction of sp³-hybridized carbons (Fsp3) is 0.286. The van der Waals surface area contributed by atoms with Crippen molar-refractivity contribution in [3.63, 3.8) is 0 Å². The summed E-state index contributed by atoms with van der Waals surface area (Å²) in [5, 5.41) is 9.15. The molecule has 0 spiro atoms. The first-order valence-electron chi connectivity index (χ1n) is 11.7. The van der Waals surface area contributed by atoms with Crippen molar-refractivity contribution in [2.75, 3.05) is 6.54 Å². The number of halogens is 4. The minimum absolute atomic E-state index is 0.140. The number of ether oxygens (including phenoxy) is 1. The Bertz CT molecular complexity index is 1310. The van der Waals surface area contributed by atoms with Crippen molar-refractivity contribution >= 4 is 27.8 Å². The number of carboxylic acids is 1. The van der Waals surface area contributed by atoms with E-state index in [1.165, 1.54) is 17.0 Å². The molecule has 0 fully saturated rings. The van der Waals surface area contributed by atoms with Crippen LogP contribution in [-0.4, -0.2) is 34.0 Å². The summed E-state index contributed by atoms with van der Waals surface area (Å²) < 4.78 is 46.7. The van der Waals surface area contributed by atoms with E-state index in [0.717, 1.165) is 27.7 Å². The fourth-order valence-corrected chi connectivity index (χ4v) is 4.78. The molecule has 5 nitrogen and oxygen atoms in total. The summed E-state index contributed by atoms with van der Waals surface area (Å²) in [7, 11) is 0. The Morgan fingerprint density at radius 1 is 1.05 bits per heavy atom. The first-order chi connectivity index (χ1) is 17.4. The molecule has 1 aliphatic rings. The van der Waals surface area contributed by atoms with Crippen LogP contribution in [0, 0.1) is 0 Å². The van der Waals surface area contributed by atoms with Crippen LogP contribution < -0.4 is 4.74 Å². The number of carbonyl (C=O) groups excluding carboxylic acids is 1. The van der Waals surface area contributed by atoms with Crippen LogP contribution in [0.5, 0.6) is 5.75 Å². The first kappa shape index (κ1) is 26.7. The maximum Gasteiger partial charge on any atom is 0.416 e. The van der Waals surface area contributed by atoms with Crippen molar-refractivity contribution in [2.24, 2.45) is 0 Å². The zero-order valence-corrected chi connectivity index (χ0v) is 21.6. The number of rotatable bonds is 8. The van der Waals surface area contributed by atoms with E-state index in [2.05, 4.69) is 15.9 Å². The van der Waals surface area contributed by atoms with E-state index in [0.29, 0.717) is 24.2 Å². The molecule has 0 aliphatic carbocycles. The van der Waals surface area contributed by atoms with Crippen molar-refractivity contribution in [3.8, 4) is 5.75 Å². The van der Waals surface area contributed by atoms with E-state index in [9.17, 15) is 22.8 Å². The Hall–Kier alpha value is -3.33. The number of aliphatic carboxylic acids is 1. The van der Waals surface area contributed by atoms with Crippen LogP contribution >= 0.6 is 15.9 Å². The number of hydrogen-bond donors (Lipinski definition) is 1. The van der Waals surface area contributed by atoms with Crippen molar-refractivity contribution < 1.29 is 32.6 Å². The SMILES string of the molecule is C[C@]1(Cc2ccc(Br)cc2)Cc2cc(C(=O)N(CCC(=O)O)Cc3cccc(C(F)(F)F)c3)ccc2O1. The molecule has 0 saturated carbocycles. The van der Waals surface area contributed by atoms with Crippen molar-refractivity contribution in [1.82, 2.24) is 4.90 Å². The van der Waals surface area contributed by atoms with Gasteiger partial charge in [0.1, 0.15) is 11.4 Å². The minimum atomic E-state index is -4.52. The molecule has 37 heavy (non-hydrogen) atoms. The Morgan fingerprint density at radius 3 is 2.46 bits per heavy atom. The molecule has 1 amide bonds. The molecule has 0 radical (unpaired) electrons. The zero-order valence-electron chi connectivity index (χ0n) is 20.0. The quantitative estimate of drug-likeness (QED) is 0.332. The van der Waals surface area contributed by atoms with Gasteiger partial charge in [-0.15, -0.1) is 0 Å². The molecule has 1 aliphatic heterocycles. The second-order valence-corrected chi connectivity index (χ2v) is 10.3.